The van der Waals surface area contributed by atoms with Crippen molar-refractivity contribution in [3.8, 4) is 0 Å². The summed E-state index contributed by atoms with van der Waals surface area (Å²) < 4.78 is 0. The van der Waals surface area contributed by atoms with Crippen molar-refractivity contribution in [2.24, 2.45) is 0 Å². The van der Waals surface area contributed by atoms with Crippen LogP contribution in [0.4, 0.5) is 0 Å². The van der Waals surface area contributed by atoms with Gasteiger partial charge in [-0.15, -0.1) is 0 Å². The first kappa shape index (κ1) is 17.4. The smallest absolute Gasteiger partial charge is 0.272 e. The van der Waals surface area contributed by atoms with Crippen LogP contribution in [0.15, 0.2) is 18.2 Å². The zero-order valence-corrected chi connectivity index (χ0v) is 15.5. The monoisotopic (exact) mass is 392 g/mol. The third-order valence-electron chi connectivity index (χ3n) is 4.75. The maximum absolute atomic E-state index is 12.7. The van der Waals surface area contributed by atoms with E-state index >= 15 is 0 Å². The SMILES string of the molecule is O=C(NC1CC1)c1n[nH]c2c1CN(C(=O)Cc1ccc(Cl)c(Cl)c1)CC2. The summed E-state index contributed by atoms with van der Waals surface area (Å²) in [6.45, 7) is 0.985. The molecule has 2 amide bonds. The van der Waals surface area contributed by atoms with Crippen LogP contribution < -0.4 is 5.32 Å². The summed E-state index contributed by atoms with van der Waals surface area (Å²) in [5.74, 6) is -0.174. The number of benzene rings is 1. The molecule has 2 N–H and O–H groups in total. The van der Waals surface area contributed by atoms with Crippen LogP contribution >= 0.6 is 23.2 Å². The molecule has 1 aliphatic carbocycles. The van der Waals surface area contributed by atoms with Crippen molar-refractivity contribution in [1.82, 2.24) is 20.4 Å². The zero-order valence-electron chi connectivity index (χ0n) is 14.0. The number of nitrogens with one attached hydrogen (secondary N) is 2. The quantitative estimate of drug-likeness (QED) is 0.839. The second-order valence-electron chi connectivity index (χ2n) is 6.77. The minimum atomic E-state index is -0.163. The van der Waals surface area contributed by atoms with Crippen molar-refractivity contribution in [3.63, 3.8) is 0 Å². The summed E-state index contributed by atoms with van der Waals surface area (Å²) in [6.07, 6.45) is 2.94. The molecule has 1 aromatic carbocycles. The van der Waals surface area contributed by atoms with Gasteiger partial charge in [-0.1, -0.05) is 29.3 Å². The summed E-state index contributed by atoms with van der Waals surface area (Å²) in [5.41, 5.74) is 2.97. The summed E-state index contributed by atoms with van der Waals surface area (Å²) >= 11 is 11.9. The van der Waals surface area contributed by atoms with Gasteiger partial charge in [0.1, 0.15) is 0 Å². The molecule has 0 spiro atoms. The van der Waals surface area contributed by atoms with E-state index in [1.54, 1.807) is 23.1 Å². The van der Waals surface area contributed by atoms with Gasteiger partial charge >= 0.3 is 0 Å². The molecule has 0 atom stereocenters. The van der Waals surface area contributed by atoms with Gasteiger partial charge in [-0.05, 0) is 30.5 Å². The van der Waals surface area contributed by atoms with Gasteiger partial charge in [0.25, 0.3) is 5.91 Å². The van der Waals surface area contributed by atoms with E-state index in [9.17, 15) is 9.59 Å². The van der Waals surface area contributed by atoms with Crippen molar-refractivity contribution in [2.45, 2.75) is 38.3 Å². The summed E-state index contributed by atoms with van der Waals surface area (Å²) in [5, 5.41) is 11.0. The Kier molecular flexibility index (Phi) is 4.63. The molecular formula is C18H18Cl2N4O2. The molecule has 8 heteroatoms. The van der Waals surface area contributed by atoms with Crippen LogP contribution in [-0.2, 0) is 24.2 Å². The van der Waals surface area contributed by atoms with Crippen LogP contribution in [0.1, 0.15) is 40.2 Å². The molecule has 1 aromatic heterocycles. The molecule has 6 nitrogen and oxygen atoms in total. The van der Waals surface area contributed by atoms with E-state index in [0.717, 1.165) is 29.7 Å². The first-order valence-electron chi connectivity index (χ1n) is 8.60. The van der Waals surface area contributed by atoms with Crippen LogP contribution in [0, 0.1) is 0 Å². The highest BCUT2D eigenvalue weighted by molar-refractivity contribution is 6.42. The van der Waals surface area contributed by atoms with E-state index < -0.39 is 0 Å². The number of amides is 2. The normalized spacial score (nSPS) is 16.3. The van der Waals surface area contributed by atoms with Crippen molar-refractivity contribution in [1.29, 1.82) is 0 Å². The number of aromatic amines is 1. The lowest BCUT2D eigenvalue weighted by Crippen LogP contribution is -2.38. The Morgan fingerprint density at radius 1 is 1.27 bits per heavy atom. The van der Waals surface area contributed by atoms with E-state index in [-0.39, 0.29) is 24.3 Å². The minimum absolute atomic E-state index is 0.0104. The number of hydrogen-bond acceptors (Lipinski definition) is 3. The Labute approximate surface area is 160 Å². The van der Waals surface area contributed by atoms with Crippen molar-refractivity contribution in [2.75, 3.05) is 6.54 Å². The summed E-state index contributed by atoms with van der Waals surface area (Å²) in [7, 11) is 0. The fraction of sp³-hybridized carbons (Fsp3) is 0.389. The predicted octanol–water partition coefficient (Wildman–Crippen LogP) is 2.74. The lowest BCUT2D eigenvalue weighted by atomic mass is 10.0. The van der Waals surface area contributed by atoms with Gasteiger partial charge in [0, 0.05) is 36.8 Å². The van der Waals surface area contributed by atoms with Crippen LogP contribution in [0.2, 0.25) is 10.0 Å². The van der Waals surface area contributed by atoms with E-state index in [2.05, 4.69) is 15.5 Å². The molecule has 1 aliphatic heterocycles. The number of hydrogen-bond donors (Lipinski definition) is 2. The van der Waals surface area contributed by atoms with Crippen molar-refractivity contribution in [3.05, 3.63) is 50.8 Å². The average Bonchev–Trinajstić information content (AvgIpc) is 3.33. The highest BCUT2D eigenvalue weighted by Crippen LogP contribution is 2.25. The molecule has 0 saturated heterocycles. The Morgan fingerprint density at radius 3 is 2.81 bits per heavy atom. The van der Waals surface area contributed by atoms with Crippen molar-refractivity contribution >= 4 is 35.0 Å². The molecule has 0 radical (unpaired) electrons. The number of fused-ring (bicyclic) bond motifs is 1. The number of carbonyl (C=O) groups excluding carboxylic acids is 2. The van der Waals surface area contributed by atoms with Gasteiger partial charge in [0.2, 0.25) is 5.91 Å². The first-order chi connectivity index (χ1) is 12.5. The number of carbonyl (C=O) groups is 2. The van der Waals surface area contributed by atoms with E-state index in [4.69, 9.17) is 23.2 Å². The number of halogens is 2. The molecule has 0 bridgehead atoms. The fourth-order valence-corrected chi connectivity index (χ4v) is 3.43. The largest absolute Gasteiger partial charge is 0.348 e. The van der Waals surface area contributed by atoms with Gasteiger partial charge in [-0.2, -0.15) is 5.10 Å². The number of rotatable bonds is 4. The predicted molar refractivity (Wildman–Crippen MR) is 98.4 cm³/mol. The van der Waals surface area contributed by atoms with Crippen LogP contribution in [0.3, 0.4) is 0 Å². The lowest BCUT2D eigenvalue weighted by Gasteiger charge is -2.27. The highest BCUT2D eigenvalue weighted by Gasteiger charge is 2.30. The lowest BCUT2D eigenvalue weighted by molar-refractivity contribution is -0.131. The van der Waals surface area contributed by atoms with Gasteiger partial charge in [-0.25, -0.2) is 0 Å². The third-order valence-corrected chi connectivity index (χ3v) is 5.49. The topological polar surface area (TPSA) is 78.1 Å². The van der Waals surface area contributed by atoms with Gasteiger partial charge in [0.05, 0.1) is 16.5 Å². The molecule has 2 aliphatic rings. The average molecular weight is 393 g/mol. The number of nitrogens with zero attached hydrogens (tertiary/aromatic N) is 2. The molecule has 2 aromatic rings. The number of H-pyrrole nitrogens is 1. The summed E-state index contributed by atoms with van der Waals surface area (Å²) in [6, 6.07) is 5.47. The summed E-state index contributed by atoms with van der Waals surface area (Å²) in [4.78, 5) is 26.8. The van der Waals surface area contributed by atoms with Crippen LogP contribution in [-0.4, -0.2) is 39.5 Å². The molecule has 1 saturated carbocycles. The molecule has 26 heavy (non-hydrogen) atoms. The molecular weight excluding hydrogens is 375 g/mol. The second kappa shape index (κ2) is 6.93. The minimum Gasteiger partial charge on any atom is -0.348 e. The molecule has 4 rings (SSSR count). The fourth-order valence-electron chi connectivity index (χ4n) is 3.11. The van der Waals surface area contributed by atoms with Gasteiger partial charge < -0.3 is 10.2 Å². The van der Waals surface area contributed by atoms with Gasteiger partial charge in [0.15, 0.2) is 5.69 Å². The Bertz CT molecular complexity index is 876. The van der Waals surface area contributed by atoms with Crippen molar-refractivity contribution < 1.29 is 9.59 Å². The Balaban J connectivity index is 1.46. The zero-order chi connectivity index (χ0) is 18.3. The maximum Gasteiger partial charge on any atom is 0.272 e. The highest BCUT2D eigenvalue weighted by atomic mass is 35.5. The van der Waals surface area contributed by atoms with Gasteiger partial charge in [-0.3, -0.25) is 14.7 Å². The van der Waals surface area contributed by atoms with E-state index in [0.29, 0.717) is 35.2 Å². The first-order valence-corrected chi connectivity index (χ1v) is 9.35. The maximum atomic E-state index is 12.7. The van der Waals surface area contributed by atoms with Crippen LogP contribution in [0.5, 0.6) is 0 Å². The third kappa shape index (κ3) is 3.57. The second-order valence-corrected chi connectivity index (χ2v) is 7.58. The Morgan fingerprint density at radius 2 is 2.08 bits per heavy atom. The Hall–Kier alpha value is -2.05. The molecule has 2 heterocycles. The number of aromatic nitrogens is 2. The molecule has 0 unspecified atom stereocenters. The van der Waals surface area contributed by atoms with Crippen LogP contribution in [0.25, 0.3) is 0 Å². The van der Waals surface area contributed by atoms with E-state index in [1.165, 1.54) is 0 Å². The molecule has 136 valence electrons. The van der Waals surface area contributed by atoms with E-state index in [1.807, 2.05) is 0 Å². The molecule has 1 fully saturated rings. The standard InChI is InChI=1S/C18H18Cl2N4O2/c19-13-4-1-10(7-14(13)20)8-16(25)24-6-5-15-12(9-24)17(23-22-15)18(26)21-11-2-3-11/h1,4,7,11H,2-3,5-6,8-9H2,(H,21,26)(H,22,23).